The quantitative estimate of drug-likeness (QED) is 0.274. The zero-order valence-corrected chi connectivity index (χ0v) is 11.5. The Balaban J connectivity index is 2.68. The monoisotopic (exact) mass is 346 g/mol. The summed E-state index contributed by atoms with van der Waals surface area (Å²) >= 11 is 2.16. The molecule has 3 N–H and O–H groups in total. The van der Waals surface area contributed by atoms with Crippen molar-refractivity contribution in [3.63, 3.8) is 0 Å². The van der Waals surface area contributed by atoms with Gasteiger partial charge in [0.15, 0.2) is 11.7 Å². The Morgan fingerprint density at radius 1 is 1.59 bits per heavy atom. The van der Waals surface area contributed by atoms with E-state index in [0.717, 1.165) is 3.57 Å². The van der Waals surface area contributed by atoms with E-state index in [1.54, 1.807) is 29.5 Å². The molecule has 2 rings (SSSR count). The minimum atomic E-state index is 0.0242. The first-order valence-corrected chi connectivity index (χ1v) is 5.84. The Morgan fingerprint density at radius 2 is 2.29 bits per heavy atom. The summed E-state index contributed by atoms with van der Waals surface area (Å²) in [6.45, 7) is 1.80. The van der Waals surface area contributed by atoms with Crippen molar-refractivity contribution in [2.24, 2.45) is 17.9 Å². The highest BCUT2D eigenvalue weighted by atomic mass is 127. The molecule has 0 unspecified atom stereocenters. The normalized spacial score (nSPS) is 12.1. The molecule has 0 aliphatic heterocycles. The van der Waals surface area contributed by atoms with E-state index in [-0.39, 0.29) is 5.84 Å². The number of rotatable bonds is 2. The Labute approximate surface area is 111 Å². The number of nitrogens with zero attached hydrogens (tertiary/aromatic N) is 5. The van der Waals surface area contributed by atoms with Crippen LogP contribution >= 0.6 is 22.6 Å². The van der Waals surface area contributed by atoms with Crippen LogP contribution in [0.1, 0.15) is 11.3 Å². The molecule has 0 amide bonds. The number of oxime groups is 1. The fraction of sp³-hybridized carbons (Fsp3) is 0.222. The van der Waals surface area contributed by atoms with Gasteiger partial charge in [0.1, 0.15) is 0 Å². The van der Waals surface area contributed by atoms with Gasteiger partial charge in [-0.3, -0.25) is 4.68 Å². The standard InChI is InChI=1S/C9H11IN6O/c1-5-7(8(11)14-17)9(15(2)13-5)16-4-6(10)3-12-16/h3-4,17H,1-2H3,(H2,11,14). The lowest BCUT2D eigenvalue weighted by atomic mass is 10.2. The van der Waals surface area contributed by atoms with Crippen LogP contribution in [0.3, 0.4) is 0 Å². The molecule has 0 saturated carbocycles. The Hall–Kier alpha value is -1.58. The number of halogens is 1. The van der Waals surface area contributed by atoms with Crippen LogP contribution in [0.4, 0.5) is 0 Å². The summed E-state index contributed by atoms with van der Waals surface area (Å²) in [5, 5.41) is 20.3. The van der Waals surface area contributed by atoms with Crippen molar-refractivity contribution in [3.05, 3.63) is 27.2 Å². The van der Waals surface area contributed by atoms with Gasteiger partial charge in [0.25, 0.3) is 0 Å². The van der Waals surface area contributed by atoms with Crippen LogP contribution in [0, 0.1) is 10.5 Å². The third-order valence-corrected chi connectivity index (χ3v) is 2.88. The van der Waals surface area contributed by atoms with Crippen molar-refractivity contribution >= 4 is 28.4 Å². The van der Waals surface area contributed by atoms with Gasteiger partial charge in [0.05, 0.1) is 21.0 Å². The predicted octanol–water partition coefficient (Wildman–Crippen LogP) is 0.613. The molecule has 0 spiro atoms. The molecule has 0 aliphatic carbocycles. The highest BCUT2D eigenvalue weighted by molar-refractivity contribution is 14.1. The summed E-state index contributed by atoms with van der Waals surface area (Å²) in [4.78, 5) is 0. The molecule has 2 aromatic rings. The van der Waals surface area contributed by atoms with E-state index in [2.05, 4.69) is 37.9 Å². The average Bonchev–Trinajstić information content (AvgIpc) is 2.81. The lowest BCUT2D eigenvalue weighted by Crippen LogP contribution is -2.17. The summed E-state index contributed by atoms with van der Waals surface area (Å²) in [5.41, 5.74) is 6.92. The molecule has 0 fully saturated rings. The molecule has 8 heteroatoms. The van der Waals surface area contributed by atoms with Gasteiger partial charge in [-0.1, -0.05) is 5.16 Å². The topological polar surface area (TPSA) is 94.2 Å². The fourth-order valence-corrected chi connectivity index (χ4v) is 2.06. The molecule has 0 atom stereocenters. The molecule has 2 aromatic heterocycles. The Morgan fingerprint density at radius 3 is 2.82 bits per heavy atom. The molecular weight excluding hydrogens is 335 g/mol. The van der Waals surface area contributed by atoms with Gasteiger partial charge in [-0.05, 0) is 29.5 Å². The van der Waals surface area contributed by atoms with Crippen LogP contribution in [-0.4, -0.2) is 30.6 Å². The largest absolute Gasteiger partial charge is 0.409 e. The van der Waals surface area contributed by atoms with Gasteiger partial charge < -0.3 is 10.9 Å². The molecular formula is C9H11IN6O. The summed E-state index contributed by atoms with van der Waals surface area (Å²) < 4.78 is 4.29. The zero-order valence-electron chi connectivity index (χ0n) is 9.29. The number of nitrogens with two attached hydrogens (primary N) is 1. The predicted molar refractivity (Wildman–Crippen MR) is 70.3 cm³/mol. The van der Waals surface area contributed by atoms with Crippen LogP contribution in [-0.2, 0) is 7.05 Å². The van der Waals surface area contributed by atoms with Gasteiger partial charge in [0.2, 0.25) is 0 Å². The average molecular weight is 346 g/mol. The van der Waals surface area contributed by atoms with Gasteiger partial charge in [-0.2, -0.15) is 10.2 Å². The second-order valence-electron chi connectivity index (χ2n) is 3.50. The first-order valence-electron chi connectivity index (χ1n) is 4.76. The maximum atomic E-state index is 8.79. The molecule has 0 aliphatic rings. The van der Waals surface area contributed by atoms with E-state index in [4.69, 9.17) is 10.9 Å². The molecule has 0 saturated heterocycles. The van der Waals surface area contributed by atoms with Crippen molar-refractivity contribution in [2.75, 3.05) is 0 Å². The van der Waals surface area contributed by atoms with E-state index in [0.29, 0.717) is 17.1 Å². The van der Waals surface area contributed by atoms with Crippen molar-refractivity contribution in [1.29, 1.82) is 0 Å². The number of aryl methyl sites for hydroxylation is 2. The highest BCUT2D eigenvalue weighted by Crippen LogP contribution is 2.17. The van der Waals surface area contributed by atoms with E-state index in [1.165, 1.54) is 0 Å². The molecule has 7 nitrogen and oxygen atoms in total. The first-order chi connectivity index (χ1) is 8.04. The summed E-state index contributed by atoms with van der Waals surface area (Å²) in [7, 11) is 1.78. The van der Waals surface area contributed by atoms with Crippen LogP contribution in [0.15, 0.2) is 17.5 Å². The summed E-state index contributed by atoms with van der Waals surface area (Å²) in [6, 6.07) is 0. The van der Waals surface area contributed by atoms with E-state index < -0.39 is 0 Å². The second kappa shape index (κ2) is 4.35. The van der Waals surface area contributed by atoms with Gasteiger partial charge in [-0.25, -0.2) is 4.68 Å². The zero-order chi connectivity index (χ0) is 12.6. The third-order valence-electron chi connectivity index (χ3n) is 2.32. The van der Waals surface area contributed by atoms with Gasteiger partial charge in [0, 0.05) is 13.2 Å². The van der Waals surface area contributed by atoms with Gasteiger partial charge in [-0.15, -0.1) is 0 Å². The van der Waals surface area contributed by atoms with Crippen molar-refractivity contribution in [2.45, 2.75) is 6.92 Å². The lowest BCUT2D eigenvalue weighted by Gasteiger charge is -2.04. The minimum Gasteiger partial charge on any atom is -0.409 e. The maximum Gasteiger partial charge on any atom is 0.175 e. The molecule has 0 bridgehead atoms. The maximum absolute atomic E-state index is 8.79. The van der Waals surface area contributed by atoms with Gasteiger partial charge >= 0.3 is 0 Å². The minimum absolute atomic E-state index is 0.0242. The Bertz CT molecular complexity index is 584. The smallest absolute Gasteiger partial charge is 0.175 e. The molecule has 90 valence electrons. The lowest BCUT2D eigenvalue weighted by molar-refractivity contribution is 0.318. The molecule has 0 aromatic carbocycles. The van der Waals surface area contributed by atoms with Crippen molar-refractivity contribution < 1.29 is 5.21 Å². The van der Waals surface area contributed by atoms with Crippen molar-refractivity contribution in [3.8, 4) is 5.82 Å². The highest BCUT2D eigenvalue weighted by Gasteiger charge is 2.19. The number of hydrogen-bond acceptors (Lipinski definition) is 4. The molecule has 0 radical (unpaired) electrons. The SMILES string of the molecule is Cc1nn(C)c(-n2cc(I)cn2)c1C(N)=NO. The van der Waals surface area contributed by atoms with E-state index in [9.17, 15) is 0 Å². The van der Waals surface area contributed by atoms with E-state index in [1.807, 2.05) is 6.20 Å². The van der Waals surface area contributed by atoms with Crippen LogP contribution in [0.2, 0.25) is 0 Å². The summed E-state index contributed by atoms with van der Waals surface area (Å²) in [5.74, 6) is 0.692. The van der Waals surface area contributed by atoms with E-state index >= 15 is 0 Å². The summed E-state index contributed by atoms with van der Waals surface area (Å²) in [6.07, 6.45) is 3.56. The fourth-order valence-electron chi connectivity index (χ4n) is 1.68. The second-order valence-corrected chi connectivity index (χ2v) is 4.74. The van der Waals surface area contributed by atoms with Crippen LogP contribution in [0.25, 0.3) is 5.82 Å². The molecule has 2 heterocycles. The third kappa shape index (κ3) is 1.99. The number of amidine groups is 1. The Kier molecular flexibility index (Phi) is 3.05. The van der Waals surface area contributed by atoms with Crippen LogP contribution in [0.5, 0.6) is 0 Å². The number of hydrogen-bond donors (Lipinski definition) is 2. The van der Waals surface area contributed by atoms with Crippen molar-refractivity contribution in [1.82, 2.24) is 19.6 Å². The first kappa shape index (κ1) is 11.9. The number of aromatic nitrogens is 4. The molecule has 17 heavy (non-hydrogen) atoms. The van der Waals surface area contributed by atoms with Crippen LogP contribution < -0.4 is 5.73 Å².